The molecule has 0 fully saturated rings. The Morgan fingerprint density at radius 1 is 1.12 bits per heavy atom. The molecule has 0 unspecified atom stereocenters. The van der Waals surface area contributed by atoms with Crippen molar-refractivity contribution < 1.29 is 4.84 Å². The van der Waals surface area contributed by atoms with Crippen LogP contribution in [0.25, 0.3) is 10.9 Å². The van der Waals surface area contributed by atoms with Crippen molar-refractivity contribution in [3.63, 3.8) is 0 Å². The van der Waals surface area contributed by atoms with Gasteiger partial charge < -0.3 is 14.6 Å². The molecule has 2 rings (SSSR count). The van der Waals surface area contributed by atoms with Gasteiger partial charge in [0, 0.05) is 18.3 Å². The Morgan fingerprint density at radius 2 is 1.76 bits per heavy atom. The number of para-hydroxylation sites is 1. The lowest BCUT2D eigenvalue weighted by molar-refractivity contribution is 0.0115. The van der Waals surface area contributed by atoms with Crippen LogP contribution in [0.15, 0.2) is 34.2 Å². The van der Waals surface area contributed by atoms with Crippen LogP contribution >= 0.6 is 11.8 Å². The van der Waals surface area contributed by atoms with Crippen molar-refractivity contribution in [1.29, 1.82) is 0 Å². The number of thioether (sulfide) groups is 1. The van der Waals surface area contributed by atoms with Crippen molar-refractivity contribution in [2.75, 3.05) is 41.3 Å². The minimum absolute atomic E-state index is 0.126. The first kappa shape index (κ1) is 19.8. The van der Waals surface area contributed by atoms with E-state index in [0.29, 0.717) is 16.1 Å². The van der Waals surface area contributed by atoms with Gasteiger partial charge in [0.2, 0.25) is 5.16 Å². The van der Waals surface area contributed by atoms with Gasteiger partial charge in [0.05, 0.1) is 10.9 Å². The molecular formula is C18H28N4O2S. The Balaban J connectivity index is 2.42. The highest BCUT2D eigenvalue weighted by molar-refractivity contribution is 7.99. The van der Waals surface area contributed by atoms with E-state index in [1.807, 2.05) is 58.2 Å². The van der Waals surface area contributed by atoms with Gasteiger partial charge in [-0.25, -0.2) is 4.98 Å². The summed E-state index contributed by atoms with van der Waals surface area (Å²) in [4.78, 5) is 27.7. The van der Waals surface area contributed by atoms with Crippen LogP contribution in [0.4, 0.5) is 0 Å². The molecule has 0 N–H and O–H groups in total. The molecule has 2 aromatic rings. The van der Waals surface area contributed by atoms with Gasteiger partial charge in [-0.2, -0.15) is 0 Å². The third-order valence-corrected chi connectivity index (χ3v) is 4.56. The average molecular weight is 365 g/mol. The number of hydrogen-bond acceptors (Lipinski definition) is 6. The van der Waals surface area contributed by atoms with Gasteiger partial charge in [-0.3, -0.25) is 4.79 Å². The molecule has 0 aliphatic carbocycles. The predicted octanol–water partition coefficient (Wildman–Crippen LogP) is 1.82. The summed E-state index contributed by atoms with van der Waals surface area (Å²) in [5, 5.41) is 1.45. The summed E-state index contributed by atoms with van der Waals surface area (Å²) in [6.07, 6.45) is -0.126. The summed E-state index contributed by atoms with van der Waals surface area (Å²) in [5.74, 6) is 0. The Kier molecular flexibility index (Phi) is 6.87. The van der Waals surface area contributed by atoms with E-state index in [1.54, 1.807) is 17.8 Å². The van der Waals surface area contributed by atoms with Crippen molar-refractivity contribution in [3.8, 4) is 0 Å². The number of benzene rings is 1. The minimum Gasteiger partial charge on any atom is -0.404 e. The van der Waals surface area contributed by atoms with Gasteiger partial charge in [-0.15, -0.1) is 4.73 Å². The molecule has 1 aromatic carbocycles. The topological polar surface area (TPSA) is 50.6 Å². The highest BCUT2D eigenvalue weighted by atomic mass is 32.2. The van der Waals surface area contributed by atoms with Crippen LogP contribution in [-0.2, 0) is 0 Å². The van der Waals surface area contributed by atoms with Crippen LogP contribution in [0.3, 0.4) is 0 Å². The van der Waals surface area contributed by atoms with Crippen LogP contribution in [0.1, 0.15) is 13.8 Å². The molecule has 2 atom stereocenters. The van der Waals surface area contributed by atoms with Crippen molar-refractivity contribution in [2.45, 2.75) is 30.4 Å². The first-order valence-electron chi connectivity index (χ1n) is 8.43. The van der Waals surface area contributed by atoms with Gasteiger partial charge >= 0.3 is 0 Å². The molecule has 138 valence electrons. The van der Waals surface area contributed by atoms with Crippen molar-refractivity contribution in [2.24, 2.45) is 0 Å². The molecule has 25 heavy (non-hydrogen) atoms. The van der Waals surface area contributed by atoms with E-state index in [2.05, 4.69) is 16.8 Å². The molecule has 0 bridgehead atoms. The number of rotatable bonds is 8. The number of fused-ring (bicyclic) bond motifs is 1. The summed E-state index contributed by atoms with van der Waals surface area (Å²) in [6.45, 7) is 5.69. The van der Waals surface area contributed by atoms with E-state index < -0.39 is 0 Å². The highest BCUT2D eigenvalue weighted by Crippen LogP contribution is 2.22. The molecule has 1 heterocycles. The predicted molar refractivity (Wildman–Crippen MR) is 104 cm³/mol. The third-order valence-electron chi connectivity index (χ3n) is 3.55. The maximum atomic E-state index is 12.9. The van der Waals surface area contributed by atoms with Gasteiger partial charge in [0.15, 0.2) is 0 Å². The molecule has 0 aliphatic heterocycles. The first-order valence-corrected chi connectivity index (χ1v) is 9.31. The van der Waals surface area contributed by atoms with Crippen LogP contribution in [0.5, 0.6) is 0 Å². The van der Waals surface area contributed by atoms with Crippen molar-refractivity contribution in [1.82, 2.24) is 19.5 Å². The van der Waals surface area contributed by atoms with Gasteiger partial charge in [-0.1, -0.05) is 30.8 Å². The van der Waals surface area contributed by atoms with E-state index in [1.165, 1.54) is 4.73 Å². The standard InChI is InChI=1S/C18H28N4O2S/c1-13(11-20(3)4)24-22-17(23)15-9-7-8-10-16(15)19-18(22)25-14(2)12-21(5)6/h7-10,13-14H,11-12H2,1-6H3/t13-,14-/m0/s1. The molecule has 0 spiro atoms. The van der Waals surface area contributed by atoms with Crippen LogP contribution in [0.2, 0.25) is 0 Å². The van der Waals surface area contributed by atoms with E-state index in [9.17, 15) is 4.79 Å². The number of aromatic nitrogens is 2. The fourth-order valence-electron chi connectivity index (χ4n) is 2.72. The summed E-state index contributed by atoms with van der Waals surface area (Å²) < 4.78 is 1.37. The molecule has 0 radical (unpaired) electrons. The van der Waals surface area contributed by atoms with Gasteiger partial charge in [-0.05, 0) is 47.2 Å². The van der Waals surface area contributed by atoms with E-state index in [-0.39, 0.29) is 16.9 Å². The van der Waals surface area contributed by atoms with Gasteiger partial charge in [0.25, 0.3) is 5.56 Å². The second-order valence-corrected chi connectivity index (χ2v) is 8.29. The second-order valence-electron chi connectivity index (χ2n) is 6.88. The fourth-order valence-corrected chi connectivity index (χ4v) is 3.83. The molecular weight excluding hydrogens is 336 g/mol. The van der Waals surface area contributed by atoms with Crippen LogP contribution in [0, 0.1) is 0 Å². The molecule has 0 aliphatic rings. The van der Waals surface area contributed by atoms with Crippen LogP contribution in [-0.4, -0.2) is 72.1 Å². The van der Waals surface area contributed by atoms with E-state index >= 15 is 0 Å². The third kappa shape index (κ3) is 5.45. The lowest BCUT2D eigenvalue weighted by Gasteiger charge is -2.22. The second kappa shape index (κ2) is 8.69. The Morgan fingerprint density at radius 3 is 2.40 bits per heavy atom. The largest absolute Gasteiger partial charge is 0.404 e. The number of hydrogen-bond donors (Lipinski definition) is 0. The lowest BCUT2D eigenvalue weighted by atomic mass is 10.2. The SMILES string of the molecule is C[C@@H](CN(C)C)On1c(S[C@@H](C)CN(C)C)nc2ccccc2c1=O. The zero-order chi connectivity index (χ0) is 18.6. The molecule has 0 amide bonds. The number of likely N-dealkylation sites (N-methyl/N-ethyl adjacent to an activating group) is 1. The Hall–Kier alpha value is -1.57. The Labute approximate surface area is 153 Å². The normalized spacial score (nSPS) is 14.2. The van der Waals surface area contributed by atoms with Gasteiger partial charge in [0.1, 0.15) is 6.10 Å². The highest BCUT2D eigenvalue weighted by Gasteiger charge is 2.18. The summed E-state index contributed by atoms with van der Waals surface area (Å²) in [6, 6.07) is 7.40. The zero-order valence-electron chi connectivity index (χ0n) is 15.9. The minimum atomic E-state index is -0.157. The fraction of sp³-hybridized carbons (Fsp3) is 0.556. The smallest absolute Gasteiger partial charge is 0.295 e. The molecule has 0 saturated heterocycles. The quantitative estimate of drug-likeness (QED) is 0.526. The maximum Gasteiger partial charge on any atom is 0.295 e. The van der Waals surface area contributed by atoms with E-state index in [0.717, 1.165) is 13.1 Å². The molecule has 0 saturated carbocycles. The molecule has 7 heteroatoms. The summed E-state index contributed by atoms with van der Waals surface area (Å²) in [5.41, 5.74) is 0.544. The Bertz CT molecular complexity index is 760. The maximum absolute atomic E-state index is 12.9. The zero-order valence-corrected chi connectivity index (χ0v) is 16.7. The molecule has 6 nitrogen and oxygen atoms in total. The first-order chi connectivity index (χ1) is 11.8. The number of nitrogens with zero attached hydrogens (tertiary/aromatic N) is 4. The van der Waals surface area contributed by atoms with E-state index in [4.69, 9.17) is 4.84 Å². The monoisotopic (exact) mass is 364 g/mol. The lowest BCUT2D eigenvalue weighted by Crippen LogP contribution is -2.39. The van der Waals surface area contributed by atoms with Crippen LogP contribution < -0.4 is 10.4 Å². The molecule has 1 aromatic heterocycles. The van der Waals surface area contributed by atoms with Crippen molar-refractivity contribution in [3.05, 3.63) is 34.6 Å². The summed E-state index contributed by atoms with van der Waals surface area (Å²) in [7, 11) is 8.04. The van der Waals surface area contributed by atoms with Crippen molar-refractivity contribution >= 4 is 22.7 Å². The average Bonchev–Trinajstić information content (AvgIpc) is 2.49. The summed E-state index contributed by atoms with van der Waals surface area (Å²) >= 11 is 1.56.